The van der Waals surface area contributed by atoms with E-state index in [0.717, 1.165) is 5.09 Å². The Hall–Kier alpha value is -2.39. The highest BCUT2D eigenvalue weighted by molar-refractivity contribution is 8.03. The van der Waals surface area contributed by atoms with Gasteiger partial charge >= 0.3 is 0 Å². The molecule has 25 heavy (non-hydrogen) atoms. The van der Waals surface area contributed by atoms with E-state index in [2.05, 4.69) is 84.8 Å². The van der Waals surface area contributed by atoms with Crippen LogP contribution in [0.15, 0.2) is 88.9 Å². The minimum absolute atomic E-state index is 0.288. The minimum atomic E-state index is 0.288. The van der Waals surface area contributed by atoms with Crippen molar-refractivity contribution in [3.63, 3.8) is 0 Å². The van der Waals surface area contributed by atoms with E-state index in [9.17, 15) is 0 Å². The van der Waals surface area contributed by atoms with Crippen molar-refractivity contribution in [2.24, 2.45) is 5.92 Å². The van der Waals surface area contributed by atoms with E-state index >= 15 is 0 Å². The largest absolute Gasteiger partial charge is 0.490 e. The summed E-state index contributed by atoms with van der Waals surface area (Å²) in [5.74, 6) is 0.288. The number of thioether (sulfide) groups is 1. The molecule has 4 rings (SSSR count). The van der Waals surface area contributed by atoms with Crippen LogP contribution in [0.25, 0.3) is 5.57 Å². The average Bonchev–Trinajstić information content (AvgIpc) is 2.68. The van der Waals surface area contributed by atoms with Gasteiger partial charge in [-0.1, -0.05) is 72.5 Å². The van der Waals surface area contributed by atoms with Gasteiger partial charge in [0.2, 0.25) is 0 Å². The first kappa shape index (κ1) is 16.1. The third-order valence-corrected chi connectivity index (χ3v) is 5.90. The van der Waals surface area contributed by atoms with Gasteiger partial charge in [0.15, 0.2) is 5.09 Å². The number of anilines is 1. The van der Waals surface area contributed by atoms with Crippen LogP contribution in [-0.4, -0.2) is 20.2 Å². The lowest BCUT2D eigenvalue weighted by Gasteiger charge is -2.42. The predicted molar refractivity (Wildman–Crippen MR) is 107 cm³/mol. The predicted octanol–water partition coefficient (Wildman–Crippen LogP) is 5.35. The highest BCUT2D eigenvalue weighted by Crippen LogP contribution is 2.47. The third-order valence-electron chi connectivity index (χ3n) is 4.82. The molecule has 0 fully saturated rings. The number of hydrogen-bond donors (Lipinski definition) is 0. The van der Waals surface area contributed by atoms with Gasteiger partial charge in [0.05, 0.1) is 13.2 Å². The molecule has 0 saturated carbocycles. The van der Waals surface area contributed by atoms with Crippen LogP contribution in [0.3, 0.4) is 0 Å². The number of allylic oxidation sites excluding steroid dienone is 2. The van der Waals surface area contributed by atoms with Crippen molar-refractivity contribution in [3.8, 4) is 0 Å². The fraction of sp³-hybridized carbons (Fsp3) is 0.182. The molecule has 1 aliphatic heterocycles. The Labute approximate surface area is 153 Å². The summed E-state index contributed by atoms with van der Waals surface area (Å²) >= 11 is 1.70. The van der Waals surface area contributed by atoms with Gasteiger partial charge in [-0.05, 0) is 18.2 Å². The summed E-state index contributed by atoms with van der Waals surface area (Å²) in [7, 11) is 3.95. The summed E-state index contributed by atoms with van der Waals surface area (Å²) in [6, 6.07) is 19.3. The molecular weight excluding hydrogens is 326 g/mol. The fourth-order valence-electron chi connectivity index (χ4n) is 3.63. The molecule has 0 aromatic heterocycles. The first-order chi connectivity index (χ1) is 12.3. The summed E-state index contributed by atoms with van der Waals surface area (Å²) in [5, 5.41) is 0.974. The van der Waals surface area contributed by atoms with E-state index in [1.807, 2.05) is 6.07 Å². The molecule has 1 aliphatic carbocycles. The standard InChI is InChI=1S/C22H21NOS/c1-23-19-14-8-6-12-17(19)21(18-13-7-9-15-20(18)23)22(24-2)25-16-10-4-3-5-11-16/h3-15,17,19H,1-2H3. The highest BCUT2D eigenvalue weighted by Gasteiger charge is 2.36. The van der Waals surface area contributed by atoms with Gasteiger partial charge in [-0.2, -0.15) is 0 Å². The number of hydrogen-bond acceptors (Lipinski definition) is 3. The summed E-state index contributed by atoms with van der Waals surface area (Å²) in [6.45, 7) is 0. The monoisotopic (exact) mass is 347 g/mol. The van der Waals surface area contributed by atoms with E-state index in [1.54, 1.807) is 18.9 Å². The van der Waals surface area contributed by atoms with Crippen LogP contribution < -0.4 is 4.90 Å². The number of nitrogens with zero attached hydrogens (tertiary/aromatic N) is 1. The summed E-state index contributed by atoms with van der Waals surface area (Å²) in [4.78, 5) is 3.55. The number of fused-ring (bicyclic) bond motifs is 2. The van der Waals surface area contributed by atoms with E-state index in [0.29, 0.717) is 6.04 Å². The molecule has 2 aliphatic rings. The molecule has 0 bridgehead atoms. The Morgan fingerprint density at radius 2 is 1.68 bits per heavy atom. The van der Waals surface area contributed by atoms with Crippen molar-refractivity contribution in [1.29, 1.82) is 0 Å². The van der Waals surface area contributed by atoms with Gasteiger partial charge in [0.25, 0.3) is 0 Å². The molecule has 2 aromatic carbocycles. The second-order valence-corrected chi connectivity index (χ2v) is 7.28. The molecule has 126 valence electrons. The Kier molecular flexibility index (Phi) is 4.41. The summed E-state index contributed by atoms with van der Waals surface area (Å²) in [5.41, 5.74) is 3.78. The molecule has 0 N–H and O–H groups in total. The smallest absolute Gasteiger partial charge is 0.162 e. The van der Waals surface area contributed by atoms with Crippen LogP contribution in [0.4, 0.5) is 5.69 Å². The zero-order valence-electron chi connectivity index (χ0n) is 14.4. The minimum Gasteiger partial charge on any atom is -0.490 e. The summed E-state index contributed by atoms with van der Waals surface area (Å²) < 4.78 is 5.90. The average molecular weight is 347 g/mol. The zero-order valence-corrected chi connectivity index (χ0v) is 15.2. The first-order valence-corrected chi connectivity index (χ1v) is 9.29. The van der Waals surface area contributed by atoms with Gasteiger partial charge < -0.3 is 9.64 Å². The van der Waals surface area contributed by atoms with Crippen LogP contribution in [-0.2, 0) is 4.74 Å². The Morgan fingerprint density at radius 1 is 0.960 bits per heavy atom. The number of methoxy groups -OCH3 is 1. The van der Waals surface area contributed by atoms with Crippen molar-refractivity contribution in [3.05, 3.63) is 89.6 Å². The second kappa shape index (κ2) is 6.85. The Morgan fingerprint density at radius 3 is 2.48 bits per heavy atom. The van der Waals surface area contributed by atoms with Crippen LogP contribution in [0, 0.1) is 5.92 Å². The second-order valence-electron chi connectivity index (χ2n) is 6.23. The Balaban J connectivity index is 1.88. The molecule has 3 heteroatoms. The Bertz CT molecular complexity index is 853. The molecule has 1 heterocycles. The number of para-hydroxylation sites is 1. The molecule has 2 aromatic rings. The highest BCUT2D eigenvalue weighted by atomic mass is 32.2. The van der Waals surface area contributed by atoms with E-state index < -0.39 is 0 Å². The van der Waals surface area contributed by atoms with Gasteiger partial charge in [-0.3, -0.25) is 0 Å². The molecular formula is C22H21NOS. The van der Waals surface area contributed by atoms with Gasteiger partial charge in [-0.25, -0.2) is 0 Å². The topological polar surface area (TPSA) is 12.5 Å². The normalized spacial score (nSPS) is 23.0. The van der Waals surface area contributed by atoms with Crippen LogP contribution >= 0.6 is 11.8 Å². The molecule has 2 nitrogen and oxygen atoms in total. The van der Waals surface area contributed by atoms with Crippen LogP contribution in [0.1, 0.15) is 5.56 Å². The maximum Gasteiger partial charge on any atom is 0.162 e. The van der Waals surface area contributed by atoms with E-state index in [-0.39, 0.29) is 5.92 Å². The molecule has 0 amide bonds. The first-order valence-electron chi connectivity index (χ1n) is 8.48. The van der Waals surface area contributed by atoms with Crippen molar-refractivity contribution < 1.29 is 4.74 Å². The number of ether oxygens (including phenoxy) is 1. The fourth-order valence-corrected chi connectivity index (χ4v) is 4.58. The molecule has 0 spiro atoms. The quantitative estimate of drug-likeness (QED) is 0.548. The lowest BCUT2D eigenvalue weighted by molar-refractivity contribution is 0.323. The lowest BCUT2D eigenvalue weighted by Crippen LogP contribution is -2.41. The maximum absolute atomic E-state index is 5.90. The van der Waals surface area contributed by atoms with Gasteiger partial charge in [-0.15, -0.1) is 0 Å². The van der Waals surface area contributed by atoms with E-state index in [4.69, 9.17) is 4.74 Å². The lowest BCUT2D eigenvalue weighted by atomic mass is 9.79. The summed E-state index contributed by atoms with van der Waals surface area (Å²) in [6.07, 6.45) is 8.85. The van der Waals surface area contributed by atoms with Gasteiger partial charge in [0.1, 0.15) is 0 Å². The number of likely N-dealkylation sites (N-methyl/N-ethyl adjacent to an activating group) is 1. The van der Waals surface area contributed by atoms with Crippen LogP contribution in [0.2, 0.25) is 0 Å². The number of rotatable bonds is 3. The number of benzene rings is 2. The third kappa shape index (κ3) is 2.89. The van der Waals surface area contributed by atoms with E-state index in [1.165, 1.54) is 21.7 Å². The molecule has 0 radical (unpaired) electrons. The molecule has 2 unspecified atom stereocenters. The van der Waals surface area contributed by atoms with Crippen molar-refractivity contribution >= 4 is 23.0 Å². The maximum atomic E-state index is 5.90. The van der Waals surface area contributed by atoms with Crippen molar-refractivity contribution in [1.82, 2.24) is 0 Å². The van der Waals surface area contributed by atoms with Crippen molar-refractivity contribution in [2.45, 2.75) is 10.9 Å². The zero-order chi connectivity index (χ0) is 17.2. The SMILES string of the molecule is COC(Sc1ccccc1)=C1c2ccccc2N(C)C2C=CC=CC12. The van der Waals surface area contributed by atoms with Gasteiger partial charge in [0, 0.05) is 34.7 Å². The van der Waals surface area contributed by atoms with Crippen molar-refractivity contribution in [2.75, 3.05) is 19.1 Å². The molecule has 2 atom stereocenters. The molecule has 0 saturated heterocycles. The van der Waals surface area contributed by atoms with Crippen LogP contribution in [0.5, 0.6) is 0 Å².